The van der Waals surface area contributed by atoms with Gasteiger partial charge in [-0.3, -0.25) is 14.5 Å². The van der Waals surface area contributed by atoms with E-state index in [2.05, 4.69) is 23.6 Å². The molecule has 2 aliphatic heterocycles. The highest BCUT2D eigenvalue weighted by atomic mass is 16.2. The van der Waals surface area contributed by atoms with E-state index >= 15 is 0 Å². The lowest BCUT2D eigenvalue weighted by atomic mass is 10.1. The zero-order valence-electron chi connectivity index (χ0n) is 21.7. The van der Waals surface area contributed by atoms with Crippen LogP contribution in [0.4, 0.5) is 0 Å². The summed E-state index contributed by atoms with van der Waals surface area (Å²) in [5.74, 6) is 0.825. The standard InChI is InChI=1S/2C14H27NO/c1-2-3-4-5-6-7-9-12-15-13-10-8-11-14(15)16;1-2-3-4-5-6-7-8-11-15-12-9-10-14(16)13-15/h2*2-13H2,1H3. The zero-order chi connectivity index (χ0) is 23.3. The van der Waals surface area contributed by atoms with Crippen LogP contribution in [-0.4, -0.2) is 54.2 Å². The van der Waals surface area contributed by atoms with Crippen molar-refractivity contribution in [2.75, 3.05) is 32.7 Å². The van der Waals surface area contributed by atoms with Crippen molar-refractivity contribution in [3.63, 3.8) is 0 Å². The number of nitrogens with zero attached hydrogens (tertiary/aromatic N) is 2. The maximum Gasteiger partial charge on any atom is 0.222 e. The van der Waals surface area contributed by atoms with Gasteiger partial charge in [0.25, 0.3) is 0 Å². The summed E-state index contributed by atoms with van der Waals surface area (Å²) in [6, 6.07) is 0. The van der Waals surface area contributed by atoms with E-state index in [-0.39, 0.29) is 0 Å². The van der Waals surface area contributed by atoms with Gasteiger partial charge in [-0.15, -0.1) is 0 Å². The predicted octanol–water partition coefficient (Wildman–Crippen LogP) is 7.15. The molecule has 1 amide bonds. The van der Waals surface area contributed by atoms with Crippen LogP contribution in [0.2, 0.25) is 0 Å². The lowest BCUT2D eigenvalue weighted by Gasteiger charge is -2.26. The van der Waals surface area contributed by atoms with Crippen molar-refractivity contribution in [3.05, 3.63) is 0 Å². The molecule has 0 saturated carbocycles. The van der Waals surface area contributed by atoms with Crippen molar-refractivity contribution in [2.45, 2.75) is 136 Å². The van der Waals surface area contributed by atoms with E-state index < -0.39 is 0 Å². The SMILES string of the molecule is CCCCCCCCCN1CCCC(=O)C1.CCCCCCCCCN1CCCCC1=O. The summed E-state index contributed by atoms with van der Waals surface area (Å²) in [5, 5.41) is 0. The molecular weight excluding hydrogens is 396 g/mol. The van der Waals surface area contributed by atoms with Crippen molar-refractivity contribution in [1.29, 1.82) is 0 Å². The molecule has 0 aromatic heterocycles. The highest BCUT2D eigenvalue weighted by molar-refractivity contribution is 5.81. The molecule has 32 heavy (non-hydrogen) atoms. The Labute approximate surface area is 199 Å². The Kier molecular flexibility index (Phi) is 18.8. The summed E-state index contributed by atoms with van der Waals surface area (Å²) in [4.78, 5) is 27.2. The molecule has 0 N–H and O–H groups in total. The summed E-state index contributed by atoms with van der Waals surface area (Å²) < 4.78 is 0. The first-order chi connectivity index (χ1) is 15.7. The minimum absolute atomic E-state index is 0.386. The quantitative estimate of drug-likeness (QED) is 0.234. The average Bonchev–Trinajstić information content (AvgIpc) is 2.79. The van der Waals surface area contributed by atoms with Gasteiger partial charge in [0, 0.05) is 25.9 Å². The Hall–Kier alpha value is -0.900. The average molecular weight is 451 g/mol. The van der Waals surface area contributed by atoms with E-state index in [0.29, 0.717) is 11.7 Å². The van der Waals surface area contributed by atoms with E-state index in [1.165, 1.54) is 96.3 Å². The van der Waals surface area contributed by atoms with E-state index in [9.17, 15) is 9.59 Å². The lowest BCUT2D eigenvalue weighted by Crippen LogP contribution is -2.36. The smallest absolute Gasteiger partial charge is 0.222 e. The van der Waals surface area contributed by atoms with Crippen LogP contribution in [0.5, 0.6) is 0 Å². The van der Waals surface area contributed by atoms with Gasteiger partial charge in [-0.1, -0.05) is 90.9 Å². The minimum atomic E-state index is 0.386. The summed E-state index contributed by atoms with van der Waals surface area (Å²) >= 11 is 0. The van der Waals surface area contributed by atoms with Gasteiger partial charge in [-0.2, -0.15) is 0 Å². The molecule has 188 valence electrons. The molecule has 0 bridgehead atoms. The highest BCUT2D eigenvalue weighted by Gasteiger charge is 2.17. The van der Waals surface area contributed by atoms with Crippen molar-refractivity contribution in [3.8, 4) is 0 Å². The fourth-order valence-electron chi connectivity index (χ4n) is 4.75. The molecule has 0 radical (unpaired) electrons. The number of ketones is 1. The topological polar surface area (TPSA) is 40.6 Å². The predicted molar refractivity (Wildman–Crippen MR) is 137 cm³/mol. The molecule has 0 aliphatic carbocycles. The molecule has 0 unspecified atom stereocenters. The summed E-state index contributed by atoms with van der Waals surface area (Å²) in [5.41, 5.74) is 0. The number of hydrogen-bond acceptors (Lipinski definition) is 3. The van der Waals surface area contributed by atoms with E-state index in [4.69, 9.17) is 0 Å². The second-order valence-corrected chi connectivity index (χ2v) is 10.00. The highest BCUT2D eigenvalue weighted by Crippen LogP contribution is 2.13. The second-order valence-electron chi connectivity index (χ2n) is 10.00. The Morgan fingerprint density at radius 2 is 1.16 bits per heavy atom. The molecular formula is C28H54N2O2. The number of Topliss-reactive ketones (excluding diaryl/α,β-unsaturated/α-hetero) is 1. The number of hydrogen-bond donors (Lipinski definition) is 0. The number of amides is 1. The molecule has 2 saturated heterocycles. The van der Waals surface area contributed by atoms with Gasteiger partial charge in [-0.25, -0.2) is 0 Å². The van der Waals surface area contributed by atoms with Crippen LogP contribution >= 0.6 is 0 Å². The molecule has 4 heteroatoms. The lowest BCUT2D eigenvalue weighted by molar-refractivity contribution is -0.133. The number of unbranched alkanes of at least 4 members (excludes halogenated alkanes) is 12. The number of piperidine rings is 2. The third-order valence-electron chi connectivity index (χ3n) is 6.86. The fourth-order valence-corrected chi connectivity index (χ4v) is 4.75. The van der Waals surface area contributed by atoms with Crippen molar-refractivity contribution < 1.29 is 9.59 Å². The van der Waals surface area contributed by atoms with Crippen LogP contribution in [0.1, 0.15) is 136 Å². The molecule has 2 fully saturated rings. The van der Waals surface area contributed by atoms with Gasteiger partial charge in [-0.05, 0) is 45.2 Å². The van der Waals surface area contributed by atoms with Crippen molar-refractivity contribution >= 4 is 11.7 Å². The maximum atomic E-state index is 11.5. The Morgan fingerprint density at radius 3 is 1.72 bits per heavy atom. The third-order valence-corrected chi connectivity index (χ3v) is 6.86. The van der Waals surface area contributed by atoms with Gasteiger partial charge in [0.2, 0.25) is 5.91 Å². The Bertz CT molecular complexity index is 466. The first-order valence-electron chi connectivity index (χ1n) is 14.2. The molecule has 2 rings (SSSR count). The molecule has 4 nitrogen and oxygen atoms in total. The van der Waals surface area contributed by atoms with Gasteiger partial charge >= 0.3 is 0 Å². The minimum Gasteiger partial charge on any atom is -0.343 e. The monoisotopic (exact) mass is 450 g/mol. The maximum absolute atomic E-state index is 11.5. The van der Waals surface area contributed by atoms with Crippen LogP contribution < -0.4 is 0 Å². The van der Waals surface area contributed by atoms with Crippen molar-refractivity contribution in [2.24, 2.45) is 0 Å². The zero-order valence-corrected chi connectivity index (χ0v) is 21.7. The second kappa shape index (κ2) is 20.7. The first kappa shape index (κ1) is 29.1. The van der Waals surface area contributed by atoms with Gasteiger partial charge < -0.3 is 4.90 Å². The number of carbonyl (C=O) groups is 2. The summed E-state index contributed by atoms with van der Waals surface area (Å²) in [6.07, 6.45) is 23.8. The summed E-state index contributed by atoms with van der Waals surface area (Å²) in [6.45, 7) is 9.52. The number of likely N-dealkylation sites (tertiary alicyclic amines) is 2. The van der Waals surface area contributed by atoms with Crippen LogP contribution in [0, 0.1) is 0 Å². The third kappa shape index (κ3) is 15.8. The Morgan fingerprint density at radius 1 is 0.594 bits per heavy atom. The van der Waals surface area contributed by atoms with E-state index in [1.54, 1.807) is 0 Å². The molecule has 0 spiro atoms. The van der Waals surface area contributed by atoms with E-state index in [0.717, 1.165) is 58.4 Å². The van der Waals surface area contributed by atoms with Crippen LogP contribution in [0.3, 0.4) is 0 Å². The molecule has 2 aliphatic rings. The normalized spacial score (nSPS) is 17.4. The Balaban J connectivity index is 0.000000320. The van der Waals surface area contributed by atoms with Crippen LogP contribution in [-0.2, 0) is 9.59 Å². The molecule has 0 aromatic rings. The number of carbonyl (C=O) groups excluding carboxylic acids is 2. The summed E-state index contributed by atoms with van der Waals surface area (Å²) in [7, 11) is 0. The first-order valence-corrected chi connectivity index (χ1v) is 14.2. The van der Waals surface area contributed by atoms with Crippen LogP contribution in [0.15, 0.2) is 0 Å². The van der Waals surface area contributed by atoms with Gasteiger partial charge in [0.15, 0.2) is 0 Å². The van der Waals surface area contributed by atoms with Crippen molar-refractivity contribution in [1.82, 2.24) is 9.80 Å². The molecule has 0 atom stereocenters. The van der Waals surface area contributed by atoms with Crippen LogP contribution in [0.25, 0.3) is 0 Å². The molecule has 2 heterocycles. The molecule has 0 aromatic carbocycles. The van der Waals surface area contributed by atoms with Gasteiger partial charge in [0.1, 0.15) is 5.78 Å². The fraction of sp³-hybridized carbons (Fsp3) is 0.929. The number of rotatable bonds is 16. The van der Waals surface area contributed by atoms with Gasteiger partial charge in [0.05, 0.1) is 6.54 Å². The van der Waals surface area contributed by atoms with E-state index in [1.807, 2.05) is 0 Å². The largest absolute Gasteiger partial charge is 0.343 e.